The van der Waals surface area contributed by atoms with Gasteiger partial charge in [0.15, 0.2) is 0 Å². The predicted octanol–water partition coefficient (Wildman–Crippen LogP) is 3.35. The van der Waals surface area contributed by atoms with Crippen LogP contribution in [0.15, 0.2) is 71.7 Å². The van der Waals surface area contributed by atoms with Crippen molar-refractivity contribution in [1.29, 1.82) is 0 Å². The predicted molar refractivity (Wildman–Crippen MR) is 137 cm³/mol. The molecule has 1 aliphatic heterocycles. The first-order valence-electron chi connectivity index (χ1n) is 11.8. The van der Waals surface area contributed by atoms with Gasteiger partial charge >= 0.3 is 0 Å². The van der Waals surface area contributed by atoms with E-state index in [0.717, 1.165) is 35.1 Å². The van der Waals surface area contributed by atoms with Crippen LogP contribution in [0.2, 0.25) is 0 Å². The fourth-order valence-electron chi connectivity index (χ4n) is 4.80. The van der Waals surface area contributed by atoms with Crippen LogP contribution < -0.4 is 10.3 Å². The van der Waals surface area contributed by atoms with Crippen molar-refractivity contribution in [3.63, 3.8) is 0 Å². The zero-order valence-electron chi connectivity index (χ0n) is 20.4. The van der Waals surface area contributed by atoms with E-state index in [1.54, 1.807) is 10.8 Å². The molecule has 0 bridgehead atoms. The van der Waals surface area contributed by atoms with Crippen molar-refractivity contribution >= 4 is 16.8 Å². The van der Waals surface area contributed by atoms with E-state index in [2.05, 4.69) is 17.7 Å². The third-order valence-electron chi connectivity index (χ3n) is 6.61. The molecule has 0 aliphatic carbocycles. The van der Waals surface area contributed by atoms with E-state index in [9.17, 15) is 9.59 Å². The largest absolute Gasteiger partial charge is 0.489 e. The molecule has 3 heterocycles. The highest BCUT2D eigenvalue weighted by molar-refractivity contribution is 5.88. The summed E-state index contributed by atoms with van der Waals surface area (Å²) >= 11 is 0. The minimum atomic E-state index is -0.144. The van der Waals surface area contributed by atoms with Crippen molar-refractivity contribution in [2.24, 2.45) is 7.05 Å². The molecule has 7 heteroatoms. The Labute approximate surface area is 204 Å². The Morgan fingerprint density at radius 1 is 1.06 bits per heavy atom. The molecule has 35 heavy (non-hydrogen) atoms. The van der Waals surface area contributed by atoms with Gasteiger partial charge in [0.25, 0.3) is 5.56 Å². The monoisotopic (exact) mass is 470 g/mol. The van der Waals surface area contributed by atoms with Gasteiger partial charge in [-0.25, -0.2) is 0 Å². The number of ether oxygens (including phenoxy) is 1. The van der Waals surface area contributed by atoms with Gasteiger partial charge in [-0.3, -0.25) is 14.2 Å². The molecule has 1 aliphatic rings. The number of rotatable bonds is 6. The second-order valence-electron chi connectivity index (χ2n) is 9.33. The second kappa shape index (κ2) is 9.43. The number of fused-ring (bicyclic) bond motifs is 3. The average Bonchev–Trinajstić information content (AvgIpc) is 3.14. The molecule has 0 unspecified atom stereocenters. The lowest BCUT2D eigenvalue weighted by Gasteiger charge is -2.29. The quantitative estimate of drug-likeness (QED) is 0.434. The first kappa shape index (κ1) is 22.9. The van der Waals surface area contributed by atoms with E-state index in [1.165, 1.54) is 17.3 Å². The fraction of sp³-hybridized carbons (Fsp3) is 0.286. The van der Waals surface area contributed by atoms with Gasteiger partial charge in [-0.05, 0) is 37.9 Å². The number of amides is 1. The summed E-state index contributed by atoms with van der Waals surface area (Å²) in [5.41, 5.74) is 5.22. The maximum atomic E-state index is 12.9. The minimum Gasteiger partial charge on any atom is -0.489 e. The Bertz CT molecular complexity index is 1440. The number of carbonyl (C=O) groups is 1. The summed E-state index contributed by atoms with van der Waals surface area (Å²) in [4.78, 5) is 29.4. The minimum absolute atomic E-state index is 0.144. The number of likely N-dealkylation sites (N-methyl/N-ethyl adjacent to an activating group) is 1. The molecule has 2 aromatic heterocycles. The number of nitrogens with zero attached hydrogens (tertiary/aromatic N) is 4. The molecule has 0 spiro atoms. The fourth-order valence-corrected chi connectivity index (χ4v) is 4.80. The van der Waals surface area contributed by atoms with Crippen molar-refractivity contribution in [2.45, 2.75) is 19.6 Å². The Kier molecular flexibility index (Phi) is 6.17. The number of hydrogen-bond donors (Lipinski definition) is 0. The van der Waals surface area contributed by atoms with Crippen LogP contribution in [0.5, 0.6) is 5.75 Å². The summed E-state index contributed by atoms with van der Waals surface area (Å²) in [6.07, 6.45) is 2.58. The van der Waals surface area contributed by atoms with Crippen molar-refractivity contribution in [3.8, 4) is 11.4 Å². The summed E-state index contributed by atoms with van der Waals surface area (Å²) in [7, 11) is 5.89. The van der Waals surface area contributed by atoms with E-state index >= 15 is 0 Å². The molecule has 0 fully saturated rings. The molecule has 0 saturated heterocycles. The van der Waals surface area contributed by atoms with E-state index in [1.807, 2.05) is 72.4 Å². The highest BCUT2D eigenvalue weighted by Crippen LogP contribution is 2.31. The summed E-state index contributed by atoms with van der Waals surface area (Å²) in [5.74, 6) is 0.698. The zero-order valence-corrected chi connectivity index (χ0v) is 20.4. The number of aromatic nitrogens is 2. The van der Waals surface area contributed by atoms with E-state index in [-0.39, 0.29) is 11.5 Å². The molecule has 1 amide bonds. The van der Waals surface area contributed by atoms with Gasteiger partial charge in [-0.15, -0.1) is 0 Å². The zero-order chi connectivity index (χ0) is 24.5. The maximum Gasteiger partial charge on any atom is 0.258 e. The van der Waals surface area contributed by atoms with Crippen molar-refractivity contribution in [2.75, 3.05) is 27.2 Å². The van der Waals surface area contributed by atoms with Gasteiger partial charge in [0, 0.05) is 55.5 Å². The highest BCUT2D eigenvalue weighted by Gasteiger charge is 2.26. The summed E-state index contributed by atoms with van der Waals surface area (Å²) in [6.45, 7) is 2.17. The van der Waals surface area contributed by atoms with Crippen molar-refractivity contribution in [3.05, 3.63) is 94.0 Å². The number of carbonyl (C=O) groups excluding carboxylic acids is 1. The number of benzene rings is 2. The Morgan fingerprint density at radius 3 is 2.60 bits per heavy atom. The third-order valence-corrected chi connectivity index (χ3v) is 6.61. The van der Waals surface area contributed by atoms with Crippen LogP contribution in [-0.2, 0) is 31.4 Å². The topological polar surface area (TPSA) is 59.7 Å². The Morgan fingerprint density at radius 2 is 1.86 bits per heavy atom. The first-order valence-corrected chi connectivity index (χ1v) is 11.8. The Hall–Kier alpha value is -3.84. The molecule has 0 saturated carbocycles. The van der Waals surface area contributed by atoms with Crippen LogP contribution in [0.1, 0.15) is 16.8 Å². The van der Waals surface area contributed by atoms with Gasteiger partial charge in [0.05, 0.1) is 17.7 Å². The van der Waals surface area contributed by atoms with Gasteiger partial charge in [0.2, 0.25) is 5.91 Å². The average molecular weight is 471 g/mol. The molecule has 5 rings (SSSR count). The third kappa shape index (κ3) is 4.59. The molecule has 2 aromatic carbocycles. The molecule has 180 valence electrons. The second-order valence-corrected chi connectivity index (χ2v) is 9.33. The lowest BCUT2D eigenvalue weighted by Crippen LogP contribution is -2.41. The summed E-state index contributed by atoms with van der Waals surface area (Å²) in [5, 5.41) is 1.13. The van der Waals surface area contributed by atoms with Crippen LogP contribution in [0.3, 0.4) is 0 Å². The Balaban J connectivity index is 1.40. The molecular weight excluding hydrogens is 440 g/mol. The number of aryl methyl sites for hydroxylation is 1. The van der Waals surface area contributed by atoms with E-state index < -0.39 is 0 Å². The molecule has 0 atom stereocenters. The smallest absolute Gasteiger partial charge is 0.258 e. The molecule has 4 aromatic rings. The normalized spacial score (nSPS) is 13.3. The van der Waals surface area contributed by atoms with Gasteiger partial charge in [0.1, 0.15) is 12.4 Å². The van der Waals surface area contributed by atoms with Crippen LogP contribution in [-0.4, -0.2) is 52.0 Å². The first-order chi connectivity index (χ1) is 16.9. The SMILES string of the molecule is CN(C)CC(=O)N1CCc2c(c3ccc(-n4ccc(OCc5ccccc5)cc4=O)cc3n2C)C1. The molecule has 7 nitrogen and oxygen atoms in total. The van der Waals surface area contributed by atoms with Crippen molar-refractivity contribution in [1.82, 2.24) is 18.9 Å². The van der Waals surface area contributed by atoms with Crippen LogP contribution in [0.25, 0.3) is 16.6 Å². The van der Waals surface area contributed by atoms with Gasteiger partial charge in [-0.2, -0.15) is 0 Å². The number of pyridine rings is 1. The number of hydrogen-bond acceptors (Lipinski definition) is 4. The molecule has 0 N–H and O–H groups in total. The van der Waals surface area contributed by atoms with Gasteiger partial charge < -0.3 is 19.1 Å². The van der Waals surface area contributed by atoms with Crippen LogP contribution in [0.4, 0.5) is 0 Å². The summed E-state index contributed by atoms with van der Waals surface area (Å²) in [6, 6.07) is 19.3. The van der Waals surface area contributed by atoms with Crippen molar-refractivity contribution < 1.29 is 9.53 Å². The standard InChI is InChI=1S/C28H30N4O3/c1-29(2)18-28(34)31-13-12-25-24(17-31)23-10-9-21(15-26(23)30(25)3)32-14-11-22(16-27(32)33)35-19-20-7-5-4-6-8-20/h4-11,14-16H,12-13,17-19H2,1-3H3. The van der Waals surface area contributed by atoms with Gasteiger partial charge in [-0.1, -0.05) is 36.4 Å². The van der Waals surface area contributed by atoms with Crippen LogP contribution >= 0.6 is 0 Å². The van der Waals surface area contributed by atoms with E-state index in [4.69, 9.17) is 4.74 Å². The lowest BCUT2D eigenvalue weighted by atomic mass is 10.0. The maximum absolute atomic E-state index is 12.9. The summed E-state index contributed by atoms with van der Waals surface area (Å²) < 4.78 is 9.64. The highest BCUT2D eigenvalue weighted by atomic mass is 16.5. The lowest BCUT2D eigenvalue weighted by molar-refractivity contribution is -0.132. The van der Waals surface area contributed by atoms with E-state index in [0.29, 0.717) is 25.4 Å². The molecule has 0 radical (unpaired) electrons. The molecular formula is C28H30N4O3. The van der Waals surface area contributed by atoms with Crippen LogP contribution in [0, 0.1) is 0 Å².